The molecular formula is C29H31ClN8O2. The van der Waals surface area contributed by atoms with Gasteiger partial charge in [0.1, 0.15) is 5.82 Å². The lowest BCUT2D eigenvalue weighted by atomic mass is 10.0. The lowest BCUT2D eigenvalue weighted by Crippen LogP contribution is -2.49. The van der Waals surface area contributed by atoms with Crippen LogP contribution < -0.4 is 4.90 Å². The average molecular weight is 559 g/mol. The van der Waals surface area contributed by atoms with Crippen molar-refractivity contribution in [2.45, 2.75) is 13.5 Å². The largest absolute Gasteiger partial charge is 0.394 e. The third-order valence-electron chi connectivity index (χ3n) is 7.27. The van der Waals surface area contributed by atoms with Crippen LogP contribution in [0, 0.1) is 6.92 Å². The molecule has 3 aromatic heterocycles. The van der Waals surface area contributed by atoms with Crippen molar-refractivity contribution in [2.75, 3.05) is 37.7 Å². The Morgan fingerprint density at radius 2 is 1.75 bits per heavy atom. The maximum absolute atomic E-state index is 14.1. The molecule has 206 valence electrons. The van der Waals surface area contributed by atoms with Gasteiger partial charge in [-0.15, -0.1) is 22.6 Å². The lowest BCUT2D eigenvalue weighted by molar-refractivity contribution is 0.0749. The predicted octanol–water partition coefficient (Wildman–Crippen LogP) is 3.58. The molecule has 10 nitrogen and oxygen atoms in total. The number of nitrogens with zero attached hydrogens (tertiary/aromatic N) is 8. The number of aryl methyl sites for hydroxylation is 2. The van der Waals surface area contributed by atoms with E-state index in [4.69, 9.17) is 5.11 Å². The molecule has 4 heterocycles. The van der Waals surface area contributed by atoms with Crippen molar-refractivity contribution >= 4 is 35.0 Å². The summed E-state index contributed by atoms with van der Waals surface area (Å²) in [5.74, 6) is 1.38. The van der Waals surface area contributed by atoms with Crippen LogP contribution in [-0.2, 0) is 13.6 Å². The van der Waals surface area contributed by atoms with Crippen LogP contribution in [0.3, 0.4) is 0 Å². The number of hydrogen-bond acceptors (Lipinski definition) is 7. The smallest absolute Gasteiger partial charge is 0.256 e. The van der Waals surface area contributed by atoms with Gasteiger partial charge in [-0.25, -0.2) is 4.98 Å². The number of carbonyl (C=O) groups excluding carboxylic acids is 1. The number of hydrogen-bond donors (Lipinski definition) is 1. The zero-order chi connectivity index (χ0) is 26.9. The molecule has 0 radical (unpaired) electrons. The van der Waals surface area contributed by atoms with Crippen LogP contribution in [0.2, 0.25) is 0 Å². The van der Waals surface area contributed by atoms with Gasteiger partial charge in [-0.2, -0.15) is 4.80 Å². The number of fused-ring (bicyclic) bond motifs is 1. The van der Waals surface area contributed by atoms with Crippen LogP contribution in [0.1, 0.15) is 15.9 Å². The number of halogens is 1. The van der Waals surface area contributed by atoms with Crippen LogP contribution in [0.5, 0.6) is 0 Å². The number of benzene rings is 2. The highest BCUT2D eigenvalue weighted by molar-refractivity contribution is 6.13. The van der Waals surface area contributed by atoms with Crippen LogP contribution in [0.4, 0.5) is 5.82 Å². The Bertz CT molecular complexity index is 1620. The van der Waals surface area contributed by atoms with E-state index in [1.54, 1.807) is 6.20 Å². The quantitative estimate of drug-likeness (QED) is 0.339. The van der Waals surface area contributed by atoms with Crippen LogP contribution in [0.15, 0.2) is 66.9 Å². The van der Waals surface area contributed by atoms with Gasteiger partial charge in [0.05, 0.1) is 24.4 Å². The number of piperazine rings is 1. The molecule has 1 saturated heterocycles. The molecule has 0 atom stereocenters. The number of aliphatic hydroxyl groups excluding tert-OH is 1. The number of amides is 1. The summed E-state index contributed by atoms with van der Waals surface area (Å²) in [5.41, 5.74) is 5.69. The lowest BCUT2D eigenvalue weighted by Gasteiger charge is -2.35. The van der Waals surface area contributed by atoms with Gasteiger partial charge in [-0.3, -0.25) is 4.79 Å². The Morgan fingerprint density at radius 3 is 2.45 bits per heavy atom. The molecule has 40 heavy (non-hydrogen) atoms. The second kappa shape index (κ2) is 11.4. The SMILES string of the molecule is Cc1ccc2c(c1)c(C(=O)N1CCN(c3ccc(-c4nnn(CCO)n4)cn3)CC1)c(-c1ccccc1)n2C.Cl. The summed E-state index contributed by atoms with van der Waals surface area (Å²) in [6, 6.07) is 20.3. The molecule has 5 aromatic rings. The minimum atomic E-state index is -0.0465. The molecule has 11 heteroatoms. The second-order valence-electron chi connectivity index (χ2n) is 9.79. The Hall–Kier alpha value is -4.28. The fourth-order valence-electron chi connectivity index (χ4n) is 5.25. The number of carbonyl (C=O) groups is 1. The summed E-state index contributed by atoms with van der Waals surface area (Å²) < 4.78 is 2.14. The van der Waals surface area contributed by atoms with Crippen molar-refractivity contribution < 1.29 is 9.90 Å². The summed E-state index contributed by atoms with van der Waals surface area (Å²) in [6.07, 6.45) is 1.73. The van der Waals surface area contributed by atoms with E-state index in [0.29, 0.717) is 38.5 Å². The molecule has 0 unspecified atom stereocenters. The van der Waals surface area contributed by atoms with E-state index in [9.17, 15) is 4.79 Å². The summed E-state index contributed by atoms with van der Waals surface area (Å²) in [4.78, 5) is 24.2. The van der Waals surface area contributed by atoms with Crippen molar-refractivity contribution in [3.05, 3.63) is 78.0 Å². The molecule has 0 aliphatic carbocycles. The van der Waals surface area contributed by atoms with Crippen LogP contribution in [-0.4, -0.2) is 78.5 Å². The van der Waals surface area contributed by atoms with Crippen LogP contribution >= 0.6 is 12.4 Å². The predicted molar refractivity (Wildman–Crippen MR) is 157 cm³/mol. The molecule has 6 rings (SSSR count). The normalized spacial score (nSPS) is 13.5. The van der Waals surface area contributed by atoms with Gasteiger partial charge in [-0.1, -0.05) is 42.0 Å². The molecule has 0 saturated carbocycles. The summed E-state index contributed by atoms with van der Waals surface area (Å²) >= 11 is 0. The maximum Gasteiger partial charge on any atom is 0.256 e. The van der Waals surface area contributed by atoms with Gasteiger partial charge in [0, 0.05) is 55.9 Å². The molecule has 0 spiro atoms. The van der Waals surface area contributed by atoms with E-state index in [0.717, 1.165) is 44.7 Å². The Balaban J connectivity index is 0.00000323. The summed E-state index contributed by atoms with van der Waals surface area (Å²) in [7, 11) is 2.03. The van der Waals surface area contributed by atoms with Crippen LogP contribution in [0.25, 0.3) is 33.5 Å². The minimum Gasteiger partial charge on any atom is -0.394 e. The molecule has 1 fully saturated rings. The van der Waals surface area contributed by atoms with Crippen molar-refractivity contribution in [1.82, 2.24) is 34.7 Å². The first-order valence-electron chi connectivity index (χ1n) is 13.1. The van der Waals surface area contributed by atoms with E-state index in [2.05, 4.69) is 67.1 Å². The van der Waals surface area contributed by atoms with Gasteiger partial charge in [0.25, 0.3) is 5.91 Å². The number of aliphatic hydroxyl groups is 1. The number of anilines is 1. The fraction of sp³-hybridized carbons (Fsp3) is 0.276. The van der Waals surface area contributed by atoms with Crippen molar-refractivity contribution in [3.63, 3.8) is 0 Å². The number of tetrazole rings is 1. The van der Waals surface area contributed by atoms with Gasteiger partial charge in [-0.05, 0) is 42.0 Å². The molecular weight excluding hydrogens is 528 g/mol. The zero-order valence-electron chi connectivity index (χ0n) is 22.4. The Morgan fingerprint density at radius 1 is 0.975 bits per heavy atom. The van der Waals surface area contributed by atoms with Crippen molar-refractivity contribution in [3.8, 4) is 22.6 Å². The number of aromatic nitrogens is 6. The summed E-state index contributed by atoms with van der Waals surface area (Å²) in [6.45, 7) is 4.90. The van der Waals surface area contributed by atoms with Gasteiger partial charge >= 0.3 is 0 Å². The molecule has 0 bridgehead atoms. The number of rotatable bonds is 6. The van der Waals surface area contributed by atoms with Gasteiger partial charge < -0.3 is 19.5 Å². The summed E-state index contributed by atoms with van der Waals surface area (Å²) in [5, 5.41) is 22.3. The van der Waals surface area contributed by atoms with Gasteiger partial charge in [0.15, 0.2) is 0 Å². The molecule has 1 aliphatic rings. The number of pyridine rings is 1. The van der Waals surface area contributed by atoms with E-state index in [1.165, 1.54) is 4.80 Å². The van der Waals surface area contributed by atoms with Gasteiger partial charge in [0.2, 0.25) is 5.82 Å². The van der Waals surface area contributed by atoms with Crippen molar-refractivity contribution in [2.24, 2.45) is 7.05 Å². The molecule has 1 aliphatic heterocycles. The highest BCUT2D eigenvalue weighted by Gasteiger charge is 2.29. The zero-order valence-corrected chi connectivity index (χ0v) is 23.3. The van der Waals surface area contributed by atoms with E-state index in [1.807, 2.05) is 42.3 Å². The maximum atomic E-state index is 14.1. The highest BCUT2D eigenvalue weighted by atomic mass is 35.5. The first kappa shape index (κ1) is 27.3. The second-order valence-corrected chi connectivity index (χ2v) is 9.79. The standard InChI is InChI=1S/C29H30N8O2.ClH/c1-20-8-10-24-23(18-20)26(27(34(24)2)21-6-4-3-5-7-21)29(39)36-14-12-35(13-15-36)25-11-9-22(19-30-25)28-31-33-37(32-28)16-17-38;/h3-11,18-19,38H,12-17H2,1-2H3;1H. The third kappa shape index (κ3) is 5.03. The fourth-order valence-corrected chi connectivity index (χ4v) is 5.25. The Labute approximate surface area is 238 Å². The third-order valence-corrected chi connectivity index (χ3v) is 7.27. The Kier molecular flexibility index (Phi) is 7.81. The highest BCUT2D eigenvalue weighted by Crippen LogP contribution is 2.35. The molecule has 1 amide bonds. The first-order valence-corrected chi connectivity index (χ1v) is 13.1. The van der Waals surface area contributed by atoms with E-state index < -0.39 is 0 Å². The van der Waals surface area contributed by atoms with E-state index >= 15 is 0 Å². The topological polar surface area (TPSA) is 105 Å². The molecule has 1 N–H and O–H groups in total. The first-order chi connectivity index (χ1) is 19.0. The molecule has 2 aromatic carbocycles. The van der Waals surface area contributed by atoms with E-state index in [-0.39, 0.29) is 24.9 Å². The monoisotopic (exact) mass is 558 g/mol. The average Bonchev–Trinajstić information content (AvgIpc) is 3.55. The van der Waals surface area contributed by atoms with Crippen molar-refractivity contribution in [1.29, 1.82) is 0 Å². The minimum absolute atomic E-state index is 0.